The van der Waals surface area contributed by atoms with Gasteiger partial charge in [0.2, 0.25) is 10.0 Å². The molecule has 0 atom stereocenters. The van der Waals surface area contributed by atoms with Crippen LogP contribution in [0.2, 0.25) is 0 Å². The molecule has 0 aliphatic heterocycles. The molecule has 2 aromatic carbocycles. The van der Waals surface area contributed by atoms with E-state index in [1.54, 1.807) is 16.9 Å². The molecule has 0 N–H and O–H groups in total. The molecule has 146 valence electrons. The van der Waals surface area contributed by atoms with Crippen molar-refractivity contribution in [3.05, 3.63) is 88.2 Å². The topological polar surface area (TPSA) is 98.3 Å². The highest BCUT2D eigenvalue weighted by Crippen LogP contribution is 2.24. The Labute approximate surface area is 163 Å². The van der Waals surface area contributed by atoms with Crippen molar-refractivity contribution < 1.29 is 13.3 Å². The molecule has 0 amide bonds. The van der Waals surface area contributed by atoms with Crippen LogP contribution in [0.25, 0.3) is 0 Å². The summed E-state index contributed by atoms with van der Waals surface area (Å²) >= 11 is 0. The average molecular weight is 400 g/mol. The van der Waals surface area contributed by atoms with Crippen molar-refractivity contribution in [2.75, 3.05) is 0 Å². The van der Waals surface area contributed by atoms with E-state index >= 15 is 0 Å². The minimum Gasteiger partial charge on any atom is -0.269 e. The number of aromatic nitrogens is 2. The van der Waals surface area contributed by atoms with E-state index in [1.165, 1.54) is 22.5 Å². The molecule has 0 saturated heterocycles. The van der Waals surface area contributed by atoms with Crippen LogP contribution in [0.5, 0.6) is 0 Å². The summed E-state index contributed by atoms with van der Waals surface area (Å²) in [5, 5.41) is 15.3. The molecule has 0 aliphatic rings. The zero-order chi connectivity index (χ0) is 20.1. The number of benzene rings is 2. The summed E-state index contributed by atoms with van der Waals surface area (Å²) in [7, 11) is -3.97. The quantitative estimate of drug-likeness (QED) is 0.427. The van der Waals surface area contributed by atoms with Gasteiger partial charge in [0, 0.05) is 31.4 Å². The van der Waals surface area contributed by atoms with Gasteiger partial charge in [-0.2, -0.15) is 9.40 Å². The lowest BCUT2D eigenvalue weighted by Gasteiger charge is -2.22. The Kier molecular flexibility index (Phi) is 5.86. The molecule has 0 fully saturated rings. The Balaban J connectivity index is 2.01. The first-order valence-electron chi connectivity index (χ1n) is 8.71. The average Bonchev–Trinajstić information content (AvgIpc) is 3.15. The van der Waals surface area contributed by atoms with Crippen molar-refractivity contribution in [2.45, 2.75) is 31.5 Å². The predicted molar refractivity (Wildman–Crippen MR) is 104 cm³/mol. The summed E-state index contributed by atoms with van der Waals surface area (Å²) in [6.07, 6.45) is 1.62. The fourth-order valence-electron chi connectivity index (χ4n) is 2.88. The van der Waals surface area contributed by atoms with Crippen LogP contribution >= 0.6 is 0 Å². The SMILES string of the molecule is CCn1nccc1CN(Cc1ccccc1)S(=O)(=O)c1cccc([N+](=O)[O-])c1. The van der Waals surface area contributed by atoms with Crippen molar-refractivity contribution >= 4 is 15.7 Å². The molecule has 1 heterocycles. The van der Waals surface area contributed by atoms with Gasteiger partial charge in [0.15, 0.2) is 0 Å². The minimum absolute atomic E-state index is 0.105. The summed E-state index contributed by atoms with van der Waals surface area (Å²) in [4.78, 5) is 10.4. The van der Waals surface area contributed by atoms with Crippen molar-refractivity contribution in [3.63, 3.8) is 0 Å². The molecular formula is C19H20N4O4S. The molecule has 1 aromatic heterocycles. The summed E-state index contributed by atoms with van der Waals surface area (Å²) in [5.74, 6) is 0. The zero-order valence-corrected chi connectivity index (χ0v) is 16.1. The lowest BCUT2D eigenvalue weighted by molar-refractivity contribution is -0.385. The minimum atomic E-state index is -3.97. The van der Waals surface area contributed by atoms with Gasteiger partial charge in [-0.15, -0.1) is 0 Å². The van der Waals surface area contributed by atoms with Crippen molar-refractivity contribution in [1.82, 2.24) is 14.1 Å². The first-order valence-corrected chi connectivity index (χ1v) is 10.1. The van der Waals surface area contributed by atoms with Crippen molar-refractivity contribution in [1.29, 1.82) is 0 Å². The zero-order valence-electron chi connectivity index (χ0n) is 15.3. The first-order chi connectivity index (χ1) is 13.4. The number of nitro benzene ring substituents is 1. The van der Waals surface area contributed by atoms with E-state index < -0.39 is 14.9 Å². The van der Waals surface area contributed by atoms with Gasteiger partial charge in [-0.05, 0) is 24.6 Å². The van der Waals surface area contributed by atoms with Gasteiger partial charge in [-0.25, -0.2) is 8.42 Å². The standard InChI is InChI=1S/C19H20N4O4S/c1-2-22-18(11-12-20-22)15-21(14-16-7-4-3-5-8-16)28(26,27)19-10-6-9-17(13-19)23(24)25/h3-13H,2,14-15H2,1H3. The van der Waals surface area contributed by atoms with Crippen LogP contribution in [0, 0.1) is 10.1 Å². The van der Waals surface area contributed by atoms with Crippen LogP contribution in [-0.2, 0) is 29.7 Å². The number of non-ortho nitro benzene ring substituents is 1. The summed E-state index contributed by atoms with van der Waals surface area (Å²) in [6, 6.07) is 16.1. The molecule has 28 heavy (non-hydrogen) atoms. The first kappa shape index (κ1) is 19.7. The van der Waals surface area contributed by atoms with Crippen LogP contribution in [0.15, 0.2) is 71.8 Å². The maximum atomic E-state index is 13.3. The Bertz CT molecular complexity index is 1060. The highest BCUT2D eigenvalue weighted by Gasteiger charge is 2.27. The van der Waals surface area contributed by atoms with Gasteiger partial charge >= 0.3 is 0 Å². The largest absolute Gasteiger partial charge is 0.270 e. The number of sulfonamides is 1. The monoisotopic (exact) mass is 400 g/mol. The molecule has 0 radical (unpaired) electrons. The second kappa shape index (κ2) is 8.32. The van der Waals surface area contributed by atoms with Gasteiger partial charge in [0.1, 0.15) is 0 Å². The van der Waals surface area contributed by atoms with E-state index in [9.17, 15) is 18.5 Å². The molecule has 0 saturated carbocycles. The molecule has 0 bridgehead atoms. The van der Waals surface area contributed by atoms with E-state index in [4.69, 9.17) is 0 Å². The normalized spacial score (nSPS) is 11.6. The predicted octanol–water partition coefficient (Wildman–Crippen LogP) is 3.20. The van der Waals surface area contributed by atoms with Gasteiger partial charge in [0.25, 0.3) is 5.69 Å². The molecule has 0 unspecified atom stereocenters. The number of hydrogen-bond donors (Lipinski definition) is 0. The molecule has 9 heteroatoms. The van der Waals surface area contributed by atoms with E-state index in [2.05, 4.69) is 5.10 Å². The Morgan fingerprint density at radius 3 is 2.50 bits per heavy atom. The van der Waals surface area contributed by atoms with Crippen LogP contribution in [0.1, 0.15) is 18.2 Å². The molecule has 0 aliphatic carbocycles. The van der Waals surface area contributed by atoms with Crippen LogP contribution < -0.4 is 0 Å². The van der Waals surface area contributed by atoms with E-state index in [1.807, 2.05) is 37.3 Å². The lowest BCUT2D eigenvalue weighted by Crippen LogP contribution is -2.31. The molecule has 3 aromatic rings. The maximum Gasteiger partial charge on any atom is 0.270 e. The number of nitrogens with zero attached hydrogens (tertiary/aromatic N) is 4. The number of nitro groups is 1. The number of rotatable bonds is 8. The van der Waals surface area contributed by atoms with Crippen LogP contribution in [0.4, 0.5) is 5.69 Å². The van der Waals surface area contributed by atoms with Crippen molar-refractivity contribution in [3.8, 4) is 0 Å². The summed E-state index contributed by atoms with van der Waals surface area (Å²) in [6.45, 7) is 2.78. The van der Waals surface area contributed by atoms with Crippen LogP contribution in [-0.4, -0.2) is 27.4 Å². The summed E-state index contributed by atoms with van der Waals surface area (Å²) < 4.78 is 29.7. The van der Waals surface area contributed by atoms with Gasteiger partial charge in [-0.3, -0.25) is 14.8 Å². The lowest BCUT2D eigenvalue weighted by atomic mass is 10.2. The van der Waals surface area contributed by atoms with Crippen LogP contribution in [0.3, 0.4) is 0 Å². The van der Waals surface area contributed by atoms with E-state index in [0.29, 0.717) is 6.54 Å². The molecule has 3 rings (SSSR count). The third-order valence-electron chi connectivity index (χ3n) is 4.31. The third-order valence-corrected chi connectivity index (χ3v) is 6.10. The Morgan fingerprint density at radius 2 is 1.82 bits per heavy atom. The fourth-order valence-corrected chi connectivity index (χ4v) is 4.32. The third kappa shape index (κ3) is 4.26. The second-order valence-electron chi connectivity index (χ2n) is 6.15. The molecular weight excluding hydrogens is 380 g/mol. The van der Waals surface area contributed by atoms with Gasteiger partial charge in [-0.1, -0.05) is 36.4 Å². The smallest absolute Gasteiger partial charge is 0.269 e. The number of aryl methyl sites for hydroxylation is 1. The summed E-state index contributed by atoms with van der Waals surface area (Å²) in [5.41, 5.74) is 1.30. The highest BCUT2D eigenvalue weighted by molar-refractivity contribution is 7.89. The van der Waals surface area contributed by atoms with Crippen molar-refractivity contribution in [2.24, 2.45) is 0 Å². The number of hydrogen-bond acceptors (Lipinski definition) is 5. The molecule has 8 nitrogen and oxygen atoms in total. The fraction of sp³-hybridized carbons (Fsp3) is 0.211. The molecule has 0 spiro atoms. The Morgan fingerprint density at radius 1 is 1.07 bits per heavy atom. The highest BCUT2D eigenvalue weighted by atomic mass is 32.2. The van der Waals surface area contributed by atoms with Gasteiger partial charge in [0.05, 0.1) is 22.1 Å². The van der Waals surface area contributed by atoms with E-state index in [-0.39, 0.29) is 23.7 Å². The maximum absolute atomic E-state index is 13.3. The Hall–Kier alpha value is -3.04. The van der Waals surface area contributed by atoms with E-state index in [0.717, 1.165) is 17.3 Å². The van der Waals surface area contributed by atoms with Gasteiger partial charge < -0.3 is 0 Å². The second-order valence-corrected chi connectivity index (χ2v) is 8.09.